The van der Waals surface area contributed by atoms with Crippen molar-refractivity contribution in [1.82, 2.24) is 0 Å². The molecule has 0 aromatic carbocycles. The van der Waals surface area contributed by atoms with Crippen LogP contribution >= 0.6 is 7.82 Å². The molecule has 9 heteroatoms. The van der Waals surface area contributed by atoms with Gasteiger partial charge in [0, 0.05) is 19.6 Å². The second-order valence-electron chi connectivity index (χ2n) is 11.7. The predicted molar refractivity (Wildman–Crippen MR) is 192 cm³/mol. The van der Waals surface area contributed by atoms with E-state index in [4.69, 9.17) is 24.3 Å². The molecule has 0 spiro atoms. The summed E-state index contributed by atoms with van der Waals surface area (Å²) in [5.74, 6) is -0.410. The molecule has 0 fully saturated rings. The molecule has 2 atom stereocenters. The Kier molecular flexibility index (Phi) is 33.6. The lowest BCUT2D eigenvalue weighted by Gasteiger charge is -2.20. The predicted octanol–water partition coefficient (Wildman–Crippen LogP) is 10.1. The van der Waals surface area contributed by atoms with Crippen LogP contribution in [0.2, 0.25) is 0 Å². The van der Waals surface area contributed by atoms with Crippen molar-refractivity contribution >= 4 is 13.8 Å². The maximum Gasteiger partial charge on any atom is 0.472 e. The van der Waals surface area contributed by atoms with Crippen LogP contribution < -0.4 is 5.73 Å². The summed E-state index contributed by atoms with van der Waals surface area (Å²) >= 11 is 0. The van der Waals surface area contributed by atoms with Gasteiger partial charge in [-0.3, -0.25) is 13.8 Å². The number of ether oxygens (including phenoxy) is 2. The second kappa shape index (κ2) is 34.8. The standard InChI is InChI=1S/C37H68NO7P/c1-3-5-7-9-11-13-15-17-19-21-23-25-27-29-32-42-34-36(35-44-46(40,41)43-33-31-38)45-37(39)30-28-26-24-22-20-18-16-14-12-10-8-6-4-2/h6,8,12,14,18,20,24,26,36H,3-5,7,9-11,13,15-17,19,21-23,25,27-35,38H2,1-2H3,(H,40,41)/b8-6-,14-12-,20-18-,26-24-. The van der Waals surface area contributed by atoms with Crippen LogP contribution in [0.4, 0.5) is 0 Å². The minimum absolute atomic E-state index is 0.0883. The fraction of sp³-hybridized carbons (Fsp3) is 0.757. The summed E-state index contributed by atoms with van der Waals surface area (Å²) in [6.07, 6.45) is 38.5. The van der Waals surface area contributed by atoms with Crippen molar-refractivity contribution in [2.45, 2.75) is 148 Å². The summed E-state index contributed by atoms with van der Waals surface area (Å²) in [6.45, 7) is 4.69. The summed E-state index contributed by atoms with van der Waals surface area (Å²) in [6, 6.07) is 0. The average Bonchev–Trinajstić information content (AvgIpc) is 3.04. The van der Waals surface area contributed by atoms with Crippen LogP contribution in [0.25, 0.3) is 0 Å². The number of unbranched alkanes of at least 4 members (excludes halogenated alkanes) is 13. The molecule has 0 aliphatic rings. The molecule has 3 N–H and O–H groups in total. The van der Waals surface area contributed by atoms with E-state index in [1.54, 1.807) is 0 Å². The summed E-state index contributed by atoms with van der Waals surface area (Å²) in [5, 5.41) is 0. The Labute approximate surface area is 281 Å². The number of hydrogen-bond acceptors (Lipinski definition) is 7. The van der Waals surface area contributed by atoms with Gasteiger partial charge in [-0.2, -0.15) is 0 Å². The highest BCUT2D eigenvalue weighted by atomic mass is 31.2. The molecule has 0 heterocycles. The fourth-order valence-corrected chi connectivity index (χ4v) is 5.42. The van der Waals surface area contributed by atoms with Crippen molar-refractivity contribution < 1.29 is 32.8 Å². The summed E-state index contributed by atoms with van der Waals surface area (Å²) in [4.78, 5) is 22.3. The van der Waals surface area contributed by atoms with E-state index < -0.39 is 19.9 Å². The van der Waals surface area contributed by atoms with Crippen LogP contribution in [0.5, 0.6) is 0 Å². The van der Waals surface area contributed by atoms with Gasteiger partial charge in [-0.1, -0.05) is 146 Å². The van der Waals surface area contributed by atoms with Crippen molar-refractivity contribution in [2.24, 2.45) is 5.73 Å². The Hall–Kier alpha value is -1.54. The molecule has 0 aromatic heterocycles. The highest BCUT2D eigenvalue weighted by Crippen LogP contribution is 2.43. The topological polar surface area (TPSA) is 117 Å². The minimum Gasteiger partial charge on any atom is -0.457 e. The molecule has 0 aliphatic heterocycles. The number of allylic oxidation sites excluding steroid dienone is 8. The number of phosphoric ester groups is 1. The van der Waals surface area contributed by atoms with E-state index in [1.165, 1.54) is 77.0 Å². The Morgan fingerprint density at radius 2 is 1.17 bits per heavy atom. The van der Waals surface area contributed by atoms with Crippen LogP contribution in [0, 0.1) is 0 Å². The van der Waals surface area contributed by atoms with Crippen LogP contribution in [-0.4, -0.2) is 49.9 Å². The highest BCUT2D eigenvalue weighted by Gasteiger charge is 2.25. The molecule has 46 heavy (non-hydrogen) atoms. The molecular formula is C37H68NO7P. The zero-order valence-electron chi connectivity index (χ0n) is 29.3. The van der Waals surface area contributed by atoms with Gasteiger partial charge in [-0.25, -0.2) is 4.57 Å². The third-order valence-electron chi connectivity index (χ3n) is 7.27. The molecule has 0 aromatic rings. The van der Waals surface area contributed by atoms with E-state index in [2.05, 4.69) is 50.3 Å². The quantitative estimate of drug-likeness (QED) is 0.0301. The first-order valence-corrected chi connectivity index (χ1v) is 19.6. The maximum atomic E-state index is 12.5. The molecule has 2 unspecified atom stereocenters. The van der Waals surface area contributed by atoms with Gasteiger partial charge in [0.05, 0.1) is 19.8 Å². The van der Waals surface area contributed by atoms with Crippen LogP contribution in [-0.2, 0) is 27.9 Å². The first-order chi connectivity index (χ1) is 22.4. The van der Waals surface area contributed by atoms with Crippen LogP contribution in [0.15, 0.2) is 48.6 Å². The molecular weight excluding hydrogens is 601 g/mol. The second-order valence-corrected chi connectivity index (χ2v) is 13.2. The summed E-state index contributed by atoms with van der Waals surface area (Å²) < 4.78 is 33.1. The van der Waals surface area contributed by atoms with Gasteiger partial charge in [0.25, 0.3) is 0 Å². The first kappa shape index (κ1) is 44.5. The van der Waals surface area contributed by atoms with Crippen molar-refractivity contribution in [3.8, 4) is 0 Å². The molecule has 0 aliphatic carbocycles. The Bertz CT molecular complexity index is 844. The number of hydrogen-bond donors (Lipinski definition) is 2. The van der Waals surface area contributed by atoms with Crippen molar-refractivity contribution in [2.75, 3.05) is 33.0 Å². The van der Waals surface area contributed by atoms with Gasteiger partial charge in [0.1, 0.15) is 6.10 Å². The van der Waals surface area contributed by atoms with Gasteiger partial charge >= 0.3 is 13.8 Å². The molecule has 0 saturated heterocycles. The number of esters is 1. The summed E-state index contributed by atoms with van der Waals surface area (Å²) in [7, 11) is -4.29. The SMILES string of the molecule is CC/C=C\C/C=C\C/C=C\C/C=C\CCC(=O)OC(COCCCCCCCCCCCCCCCC)COP(=O)(O)OCCN. The van der Waals surface area contributed by atoms with E-state index in [0.29, 0.717) is 13.0 Å². The molecule has 0 amide bonds. The van der Waals surface area contributed by atoms with E-state index in [-0.39, 0.29) is 32.8 Å². The zero-order chi connectivity index (χ0) is 33.8. The van der Waals surface area contributed by atoms with E-state index >= 15 is 0 Å². The molecule has 0 radical (unpaired) electrons. The largest absolute Gasteiger partial charge is 0.472 e. The minimum atomic E-state index is -4.29. The number of carbonyl (C=O) groups is 1. The lowest BCUT2D eigenvalue weighted by Crippen LogP contribution is -2.28. The van der Waals surface area contributed by atoms with E-state index in [0.717, 1.165) is 38.5 Å². The number of rotatable bonds is 34. The van der Waals surface area contributed by atoms with Gasteiger partial charge in [-0.05, 0) is 38.5 Å². The van der Waals surface area contributed by atoms with Crippen molar-refractivity contribution in [1.29, 1.82) is 0 Å². The third-order valence-corrected chi connectivity index (χ3v) is 8.26. The summed E-state index contributed by atoms with van der Waals surface area (Å²) in [5.41, 5.74) is 5.34. The average molecular weight is 670 g/mol. The monoisotopic (exact) mass is 669 g/mol. The lowest BCUT2D eigenvalue weighted by molar-refractivity contribution is -0.154. The highest BCUT2D eigenvalue weighted by molar-refractivity contribution is 7.47. The normalized spacial score (nSPS) is 14.3. The first-order valence-electron chi connectivity index (χ1n) is 18.1. The number of nitrogens with two attached hydrogens (primary N) is 1. The van der Waals surface area contributed by atoms with Crippen LogP contribution in [0.1, 0.15) is 142 Å². The van der Waals surface area contributed by atoms with Crippen LogP contribution in [0.3, 0.4) is 0 Å². The van der Waals surface area contributed by atoms with Crippen molar-refractivity contribution in [3.63, 3.8) is 0 Å². The zero-order valence-corrected chi connectivity index (χ0v) is 30.2. The number of carbonyl (C=O) groups excluding carboxylic acids is 1. The Morgan fingerprint density at radius 3 is 1.70 bits per heavy atom. The molecule has 268 valence electrons. The fourth-order valence-electron chi connectivity index (χ4n) is 4.66. The molecule has 0 rings (SSSR count). The Balaban J connectivity index is 4.21. The van der Waals surface area contributed by atoms with Gasteiger partial charge in [0.2, 0.25) is 0 Å². The van der Waals surface area contributed by atoms with Gasteiger partial charge in [0.15, 0.2) is 0 Å². The van der Waals surface area contributed by atoms with Gasteiger partial charge < -0.3 is 20.1 Å². The molecule has 8 nitrogen and oxygen atoms in total. The van der Waals surface area contributed by atoms with E-state index in [9.17, 15) is 14.3 Å². The smallest absolute Gasteiger partial charge is 0.457 e. The lowest BCUT2D eigenvalue weighted by atomic mass is 10.0. The molecule has 0 saturated carbocycles. The molecule has 0 bridgehead atoms. The number of phosphoric acid groups is 1. The Morgan fingerprint density at radius 1 is 0.674 bits per heavy atom. The third kappa shape index (κ3) is 33.8. The maximum absolute atomic E-state index is 12.5. The van der Waals surface area contributed by atoms with E-state index in [1.807, 2.05) is 12.2 Å². The van der Waals surface area contributed by atoms with Crippen molar-refractivity contribution in [3.05, 3.63) is 48.6 Å². The van der Waals surface area contributed by atoms with Gasteiger partial charge in [-0.15, -0.1) is 0 Å².